The summed E-state index contributed by atoms with van der Waals surface area (Å²) < 4.78 is 14.1. The van der Waals surface area contributed by atoms with Gasteiger partial charge in [-0.1, -0.05) is 156 Å². The quantitative estimate of drug-likeness (QED) is 0.165. The number of ether oxygens (including phenoxy) is 1. The van der Waals surface area contributed by atoms with Crippen molar-refractivity contribution >= 4 is 79.2 Å². The molecule has 0 N–H and O–H groups in total. The first-order chi connectivity index (χ1) is 29.8. The molecule has 0 amide bonds. The maximum atomic E-state index is 7.21. The first kappa shape index (κ1) is 40.9. The van der Waals surface area contributed by atoms with Crippen molar-refractivity contribution < 1.29 is 9.15 Å². The topological polar surface area (TPSA) is 28.9 Å². The smallest absolute Gasteiger partial charge is 0.256 e. The summed E-state index contributed by atoms with van der Waals surface area (Å²) in [7, 11) is 0. The molecule has 1 aromatic heterocycles. The maximum absolute atomic E-state index is 7.21. The number of hydrogen-bond acceptors (Lipinski definition) is 4. The Morgan fingerprint density at radius 1 is 0.492 bits per heavy atom. The third-order valence-electron chi connectivity index (χ3n) is 13.4. The van der Waals surface area contributed by atoms with Crippen molar-refractivity contribution in [3.05, 3.63) is 162 Å². The molecule has 5 heteroatoms. The van der Waals surface area contributed by atoms with E-state index in [0.717, 1.165) is 67.6 Å². The molecule has 0 saturated heterocycles. The van der Waals surface area contributed by atoms with Crippen LogP contribution in [-0.4, -0.2) is 6.71 Å². The third kappa shape index (κ3) is 6.83. The van der Waals surface area contributed by atoms with Crippen LogP contribution in [0.15, 0.2) is 144 Å². The number of anilines is 6. The summed E-state index contributed by atoms with van der Waals surface area (Å²) in [5.41, 5.74) is 16.9. The summed E-state index contributed by atoms with van der Waals surface area (Å²) in [4.78, 5) is 4.90. The first-order valence-electron chi connectivity index (χ1n) is 22.6. The zero-order chi connectivity index (χ0) is 44.4. The van der Waals surface area contributed by atoms with Crippen molar-refractivity contribution in [2.45, 2.75) is 105 Å². The molecule has 0 aliphatic carbocycles. The fraction of sp³-hybridized carbons (Fsp3) is 0.276. The van der Waals surface area contributed by atoms with Gasteiger partial charge < -0.3 is 19.0 Å². The summed E-state index contributed by atoms with van der Waals surface area (Å²) in [6.45, 7) is 27.2. The molecule has 3 heterocycles. The molecule has 0 fully saturated rings. The van der Waals surface area contributed by atoms with Crippen LogP contribution in [0.5, 0.6) is 11.5 Å². The lowest BCUT2D eigenvalue weighted by Crippen LogP contribution is -2.59. The number of para-hydroxylation sites is 1. The Morgan fingerprint density at radius 2 is 1.03 bits per heavy atom. The summed E-state index contributed by atoms with van der Waals surface area (Å²) in [5.74, 6) is 1.79. The van der Waals surface area contributed by atoms with Gasteiger partial charge in [-0.05, 0) is 127 Å². The largest absolute Gasteiger partial charge is 0.458 e. The lowest BCUT2D eigenvalue weighted by Gasteiger charge is -2.41. The third-order valence-corrected chi connectivity index (χ3v) is 13.4. The molecule has 0 saturated carbocycles. The highest BCUT2D eigenvalue weighted by molar-refractivity contribution is 6.99. The van der Waals surface area contributed by atoms with Gasteiger partial charge in [-0.2, -0.15) is 0 Å². The molecule has 0 atom stereocenters. The molecule has 7 aromatic carbocycles. The van der Waals surface area contributed by atoms with Crippen molar-refractivity contribution in [1.82, 2.24) is 0 Å². The average Bonchev–Trinajstić information content (AvgIpc) is 3.63. The molecule has 2 aliphatic heterocycles. The van der Waals surface area contributed by atoms with E-state index in [1.165, 1.54) is 38.6 Å². The van der Waals surface area contributed by atoms with Crippen molar-refractivity contribution in [2.75, 3.05) is 9.80 Å². The number of furan rings is 1. The van der Waals surface area contributed by atoms with Crippen LogP contribution < -0.4 is 30.9 Å². The van der Waals surface area contributed by atoms with Crippen molar-refractivity contribution in [1.29, 1.82) is 0 Å². The van der Waals surface area contributed by atoms with E-state index in [-0.39, 0.29) is 28.4 Å². The van der Waals surface area contributed by atoms with Crippen LogP contribution in [0.25, 0.3) is 21.9 Å². The average molecular weight is 827 g/mol. The summed E-state index contributed by atoms with van der Waals surface area (Å²) in [5, 5.41) is 2.18. The van der Waals surface area contributed by atoms with Crippen LogP contribution >= 0.6 is 0 Å². The molecule has 10 rings (SSSR count). The summed E-state index contributed by atoms with van der Waals surface area (Å²) in [6.07, 6.45) is 0. The van der Waals surface area contributed by atoms with Gasteiger partial charge in [0.15, 0.2) is 5.58 Å². The van der Waals surface area contributed by atoms with Crippen molar-refractivity contribution in [2.24, 2.45) is 0 Å². The molecule has 8 aromatic rings. The predicted molar refractivity (Wildman–Crippen MR) is 269 cm³/mol. The zero-order valence-corrected chi connectivity index (χ0v) is 39.1. The fourth-order valence-corrected chi connectivity index (χ4v) is 9.70. The molecule has 63 heavy (non-hydrogen) atoms. The van der Waals surface area contributed by atoms with Gasteiger partial charge in [0.05, 0.1) is 16.8 Å². The van der Waals surface area contributed by atoms with Gasteiger partial charge in [0.1, 0.15) is 17.1 Å². The van der Waals surface area contributed by atoms with Crippen LogP contribution in [0.1, 0.15) is 105 Å². The number of rotatable bonds is 4. The van der Waals surface area contributed by atoms with Gasteiger partial charge in [0.2, 0.25) is 0 Å². The molecule has 0 bridgehead atoms. The maximum Gasteiger partial charge on any atom is 0.256 e. The predicted octanol–water partition coefficient (Wildman–Crippen LogP) is 14.7. The summed E-state index contributed by atoms with van der Waals surface area (Å²) in [6, 6.07) is 51.8. The van der Waals surface area contributed by atoms with Gasteiger partial charge >= 0.3 is 0 Å². The number of hydrogen-bond donors (Lipinski definition) is 0. The SMILES string of the molecule is CC(C)(C)c1ccc(N(c2ccc(C(C)(C)C)cc2)c2cc3c(c4c2oc2ccccc24)N(c2ccc(C(C)(C)C)cc2)c2cccc4c2B3c2cc(C(C)(C)C)ccc2O4)cc1. The van der Waals surface area contributed by atoms with Gasteiger partial charge in [-0.25, -0.2) is 0 Å². The van der Waals surface area contributed by atoms with Crippen molar-refractivity contribution in [3.63, 3.8) is 0 Å². The van der Waals surface area contributed by atoms with E-state index in [4.69, 9.17) is 9.15 Å². The number of nitrogens with zero attached hydrogens (tertiary/aromatic N) is 2. The minimum atomic E-state index is -0.118. The lowest BCUT2D eigenvalue weighted by molar-refractivity contribution is 0.486. The standard InChI is InChI=1S/C58H59BN2O2/c1-55(2,3)36-20-27-40(28-21-36)60(41-29-22-37(23-30-41)56(4,5)6)47-35-45-53(51-43-16-13-14-18-48(43)63-54(47)51)61(42-31-24-38(25-32-42)57(7,8)9)46-17-15-19-50-52(46)59(45)44-34-39(58(10,11)12)26-33-49(44)62-50/h13-35H,1-12H3. The molecule has 0 unspecified atom stereocenters. The molecule has 4 nitrogen and oxygen atoms in total. The Balaban J connectivity index is 1.34. The van der Waals surface area contributed by atoms with Crippen LogP contribution in [0.3, 0.4) is 0 Å². The normalized spacial score (nSPS) is 13.8. The van der Waals surface area contributed by atoms with Gasteiger partial charge in [0, 0.05) is 28.1 Å². The second-order valence-corrected chi connectivity index (χ2v) is 21.9. The van der Waals surface area contributed by atoms with Crippen molar-refractivity contribution in [3.8, 4) is 11.5 Å². The van der Waals surface area contributed by atoms with Gasteiger partial charge in [-0.15, -0.1) is 0 Å². The molecule has 0 spiro atoms. The minimum Gasteiger partial charge on any atom is -0.458 e. The Labute approximate surface area is 374 Å². The minimum absolute atomic E-state index is 0.0114. The fourth-order valence-electron chi connectivity index (χ4n) is 9.70. The highest BCUT2D eigenvalue weighted by Gasteiger charge is 2.44. The first-order valence-corrected chi connectivity index (χ1v) is 22.6. The summed E-state index contributed by atoms with van der Waals surface area (Å²) >= 11 is 0. The number of benzene rings is 7. The van der Waals surface area contributed by atoms with E-state index >= 15 is 0 Å². The highest BCUT2D eigenvalue weighted by Crippen LogP contribution is 2.51. The molecule has 0 radical (unpaired) electrons. The van der Waals surface area contributed by atoms with E-state index in [1.807, 2.05) is 0 Å². The second-order valence-electron chi connectivity index (χ2n) is 21.9. The lowest BCUT2D eigenvalue weighted by atomic mass is 9.34. The van der Waals surface area contributed by atoms with E-state index in [1.54, 1.807) is 0 Å². The van der Waals surface area contributed by atoms with Crippen LogP contribution in [0.4, 0.5) is 34.1 Å². The Bertz CT molecular complexity index is 3000. The molecular weight excluding hydrogens is 767 g/mol. The highest BCUT2D eigenvalue weighted by atomic mass is 16.5. The Kier molecular flexibility index (Phi) is 9.18. The number of fused-ring (bicyclic) bond motifs is 8. The Hall–Kier alpha value is -6.20. The van der Waals surface area contributed by atoms with Crippen LogP contribution in [0.2, 0.25) is 0 Å². The van der Waals surface area contributed by atoms with Gasteiger partial charge in [-0.3, -0.25) is 0 Å². The molecule has 2 aliphatic rings. The van der Waals surface area contributed by atoms with Gasteiger partial charge in [0.25, 0.3) is 6.71 Å². The van der Waals surface area contributed by atoms with E-state index in [9.17, 15) is 0 Å². The monoisotopic (exact) mass is 826 g/mol. The molecular formula is C58H59BN2O2. The van der Waals surface area contributed by atoms with E-state index in [0.29, 0.717) is 0 Å². The van der Waals surface area contributed by atoms with E-state index in [2.05, 4.69) is 232 Å². The van der Waals surface area contributed by atoms with Crippen LogP contribution in [0, 0.1) is 0 Å². The Morgan fingerprint density at radius 3 is 1.60 bits per heavy atom. The molecule has 316 valence electrons. The van der Waals surface area contributed by atoms with E-state index < -0.39 is 0 Å². The zero-order valence-electron chi connectivity index (χ0n) is 39.1. The van der Waals surface area contributed by atoms with Crippen LogP contribution in [-0.2, 0) is 21.7 Å². The second kappa shape index (κ2) is 14.2.